The number of anilines is 1. The first-order valence-corrected chi connectivity index (χ1v) is 10.1. The summed E-state index contributed by atoms with van der Waals surface area (Å²) >= 11 is 0. The summed E-state index contributed by atoms with van der Waals surface area (Å²) in [7, 11) is 0. The summed E-state index contributed by atoms with van der Waals surface area (Å²) in [5, 5.41) is 10.9. The van der Waals surface area contributed by atoms with E-state index in [1.165, 1.54) is 0 Å². The second kappa shape index (κ2) is 8.31. The molecule has 1 N–H and O–H groups in total. The highest BCUT2D eigenvalue weighted by Crippen LogP contribution is 2.23. The highest BCUT2D eigenvalue weighted by molar-refractivity contribution is 6.04. The number of nitrogens with zero attached hydrogens (tertiary/aromatic N) is 4. The van der Waals surface area contributed by atoms with Gasteiger partial charge in [0, 0.05) is 35.3 Å². The number of carbonyl (C=O) groups is 1. The lowest BCUT2D eigenvalue weighted by Gasteiger charge is -2.08. The third-order valence-corrected chi connectivity index (χ3v) is 4.89. The van der Waals surface area contributed by atoms with Gasteiger partial charge in [-0.2, -0.15) is 5.10 Å². The number of nitrogens with one attached hydrogen (secondary N) is 1. The van der Waals surface area contributed by atoms with Crippen LogP contribution in [-0.2, 0) is 0 Å². The van der Waals surface area contributed by atoms with Crippen molar-refractivity contribution in [3.8, 4) is 22.9 Å². The van der Waals surface area contributed by atoms with Crippen LogP contribution in [-0.4, -0.2) is 25.5 Å². The molecule has 0 aliphatic heterocycles. The van der Waals surface area contributed by atoms with Crippen molar-refractivity contribution in [2.24, 2.45) is 0 Å². The van der Waals surface area contributed by atoms with Gasteiger partial charge in [0.25, 0.3) is 5.91 Å². The van der Waals surface area contributed by atoms with Gasteiger partial charge in [0.15, 0.2) is 0 Å². The minimum Gasteiger partial charge on any atom is -0.438 e. The molecule has 0 saturated heterocycles. The molecule has 1 amide bonds. The highest BCUT2D eigenvalue weighted by atomic mass is 16.5. The van der Waals surface area contributed by atoms with Crippen LogP contribution in [0.15, 0.2) is 91.3 Å². The third-order valence-electron chi connectivity index (χ3n) is 4.89. The smallest absolute Gasteiger partial charge is 0.255 e. The summed E-state index contributed by atoms with van der Waals surface area (Å²) in [6.07, 6.45) is 3.94. The van der Waals surface area contributed by atoms with Gasteiger partial charge in [0.2, 0.25) is 5.88 Å². The van der Waals surface area contributed by atoms with Gasteiger partial charge in [-0.05, 0) is 55.5 Å². The number of ether oxygens (including phenoxy) is 1. The zero-order valence-electron chi connectivity index (χ0n) is 17.3. The predicted molar refractivity (Wildman–Crippen MR) is 122 cm³/mol. The Labute approximate surface area is 184 Å². The number of fused-ring (bicyclic) bond motifs is 1. The van der Waals surface area contributed by atoms with Gasteiger partial charge in [-0.1, -0.05) is 24.3 Å². The molecular formula is C25H19N5O2. The lowest BCUT2D eigenvalue weighted by Crippen LogP contribution is -2.11. The van der Waals surface area contributed by atoms with Crippen LogP contribution in [0.1, 0.15) is 16.1 Å². The second-order valence-electron chi connectivity index (χ2n) is 7.27. The van der Waals surface area contributed by atoms with Crippen LogP contribution in [0, 0.1) is 6.92 Å². The van der Waals surface area contributed by atoms with Gasteiger partial charge >= 0.3 is 0 Å². The number of rotatable bonds is 5. The van der Waals surface area contributed by atoms with Gasteiger partial charge in [0.1, 0.15) is 11.4 Å². The van der Waals surface area contributed by atoms with Gasteiger partial charge in [-0.3, -0.25) is 4.79 Å². The van der Waals surface area contributed by atoms with Crippen molar-refractivity contribution in [2.45, 2.75) is 6.92 Å². The van der Waals surface area contributed by atoms with Crippen LogP contribution in [0.4, 0.5) is 5.69 Å². The van der Waals surface area contributed by atoms with Crippen molar-refractivity contribution in [3.05, 3.63) is 103 Å². The summed E-state index contributed by atoms with van der Waals surface area (Å²) in [5.41, 5.74) is 4.71. The molecule has 0 spiro atoms. The van der Waals surface area contributed by atoms with Crippen LogP contribution in [0.2, 0.25) is 0 Å². The fraction of sp³-hybridized carbons (Fsp3) is 0.0400. The normalized spacial score (nSPS) is 10.8. The molecule has 156 valence electrons. The van der Waals surface area contributed by atoms with E-state index >= 15 is 0 Å². The van der Waals surface area contributed by atoms with Gasteiger partial charge in [0.05, 0.1) is 11.4 Å². The first kappa shape index (κ1) is 19.4. The molecule has 5 rings (SSSR count). The lowest BCUT2D eigenvalue weighted by molar-refractivity contribution is 0.102. The Kier molecular flexibility index (Phi) is 5.05. The molecule has 3 heterocycles. The first-order valence-electron chi connectivity index (χ1n) is 10.1. The monoisotopic (exact) mass is 421 g/mol. The lowest BCUT2D eigenvalue weighted by atomic mass is 10.1. The largest absolute Gasteiger partial charge is 0.438 e. The number of amides is 1. The van der Waals surface area contributed by atoms with E-state index in [-0.39, 0.29) is 5.91 Å². The molecule has 0 saturated carbocycles. The highest BCUT2D eigenvalue weighted by Gasteiger charge is 2.10. The maximum absolute atomic E-state index is 12.7. The van der Waals surface area contributed by atoms with Crippen LogP contribution in [0.5, 0.6) is 11.6 Å². The maximum Gasteiger partial charge on any atom is 0.255 e. The van der Waals surface area contributed by atoms with Gasteiger partial charge in [-0.15, -0.1) is 5.10 Å². The minimum atomic E-state index is -0.231. The van der Waals surface area contributed by atoms with Crippen molar-refractivity contribution in [2.75, 3.05) is 5.32 Å². The van der Waals surface area contributed by atoms with Crippen LogP contribution < -0.4 is 10.1 Å². The number of benzene rings is 2. The van der Waals surface area contributed by atoms with Gasteiger partial charge < -0.3 is 14.5 Å². The number of pyridine rings is 1. The minimum absolute atomic E-state index is 0.231. The molecule has 0 fully saturated rings. The van der Waals surface area contributed by atoms with Crippen molar-refractivity contribution >= 4 is 17.2 Å². The van der Waals surface area contributed by atoms with Crippen molar-refractivity contribution in [3.63, 3.8) is 0 Å². The quantitative estimate of drug-likeness (QED) is 0.425. The maximum atomic E-state index is 12.7. The second-order valence-corrected chi connectivity index (χ2v) is 7.27. The molecule has 0 bridgehead atoms. The van der Waals surface area contributed by atoms with Crippen LogP contribution in [0.25, 0.3) is 16.9 Å². The van der Waals surface area contributed by atoms with Crippen molar-refractivity contribution in [1.29, 1.82) is 0 Å². The standard InChI is InChI=1S/C25H19N5O2/c1-17-8-13-24(29-28-17)32-21-6-4-5-19(15-21)25(31)26-20-11-9-18(10-12-20)22-16-30-14-3-2-7-23(30)27-22/h2-16H,1H3,(H,26,31). The van der Waals surface area contributed by atoms with E-state index in [0.717, 1.165) is 22.6 Å². The van der Waals surface area contributed by atoms with Gasteiger partial charge in [-0.25, -0.2) is 4.98 Å². The van der Waals surface area contributed by atoms with E-state index in [1.807, 2.05) is 72.2 Å². The van der Waals surface area contributed by atoms with E-state index in [1.54, 1.807) is 30.3 Å². The zero-order valence-corrected chi connectivity index (χ0v) is 17.3. The molecule has 0 atom stereocenters. The number of aryl methyl sites for hydroxylation is 1. The van der Waals surface area contributed by atoms with E-state index in [0.29, 0.717) is 22.9 Å². The fourth-order valence-electron chi connectivity index (χ4n) is 3.26. The Morgan fingerprint density at radius 1 is 0.938 bits per heavy atom. The van der Waals surface area contributed by atoms with E-state index in [4.69, 9.17) is 4.74 Å². The Morgan fingerprint density at radius 2 is 1.81 bits per heavy atom. The molecule has 32 heavy (non-hydrogen) atoms. The fourth-order valence-corrected chi connectivity index (χ4v) is 3.26. The molecule has 2 aromatic carbocycles. The van der Waals surface area contributed by atoms with Crippen molar-refractivity contribution < 1.29 is 9.53 Å². The number of carbonyl (C=O) groups excluding carboxylic acids is 1. The average Bonchev–Trinajstić information content (AvgIpc) is 3.26. The Morgan fingerprint density at radius 3 is 2.59 bits per heavy atom. The zero-order chi connectivity index (χ0) is 21.9. The number of hydrogen-bond acceptors (Lipinski definition) is 5. The first-order chi connectivity index (χ1) is 15.6. The summed E-state index contributed by atoms with van der Waals surface area (Å²) in [6, 6.07) is 24.0. The number of aromatic nitrogens is 4. The molecule has 3 aromatic heterocycles. The number of imidazole rings is 1. The summed E-state index contributed by atoms with van der Waals surface area (Å²) < 4.78 is 7.68. The predicted octanol–water partition coefficient (Wildman–Crippen LogP) is 5.14. The third kappa shape index (κ3) is 4.17. The van der Waals surface area contributed by atoms with Crippen molar-refractivity contribution in [1.82, 2.24) is 19.6 Å². The Hall–Kier alpha value is -4.52. The van der Waals surface area contributed by atoms with Crippen LogP contribution in [0.3, 0.4) is 0 Å². The number of hydrogen-bond donors (Lipinski definition) is 1. The average molecular weight is 421 g/mol. The topological polar surface area (TPSA) is 81.4 Å². The Bertz CT molecular complexity index is 1360. The molecule has 0 radical (unpaired) electrons. The SMILES string of the molecule is Cc1ccc(Oc2cccc(C(=O)Nc3ccc(-c4cn5ccccc5n4)cc3)c2)nn1. The van der Waals surface area contributed by atoms with E-state index in [2.05, 4.69) is 20.5 Å². The van der Waals surface area contributed by atoms with Crippen LogP contribution >= 0.6 is 0 Å². The molecule has 7 heteroatoms. The molecular weight excluding hydrogens is 402 g/mol. The summed E-state index contributed by atoms with van der Waals surface area (Å²) in [5.74, 6) is 0.652. The molecule has 5 aromatic rings. The summed E-state index contributed by atoms with van der Waals surface area (Å²) in [4.78, 5) is 17.3. The molecule has 0 unspecified atom stereocenters. The summed E-state index contributed by atoms with van der Waals surface area (Å²) in [6.45, 7) is 1.85. The Balaban J connectivity index is 1.29. The van der Waals surface area contributed by atoms with E-state index < -0.39 is 0 Å². The molecule has 0 aliphatic carbocycles. The van der Waals surface area contributed by atoms with E-state index in [9.17, 15) is 4.79 Å². The molecule has 0 aliphatic rings. The molecule has 7 nitrogen and oxygen atoms in total.